The molecule has 0 aliphatic heterocycles. The summed E-state index contributed by atoms with van der Waals surface area (Å²) in [6.45, 7) is 9.44. The quantitative estimate of drug-likeness (QED) is 0.141. The molecule has 9 aromatic rings. The van der Waals surface area contributed by atoms with E-state index in [0.717, 1.165) is 39.7 Å². The lowest BCUT2D eigenvalue weighted by Gasteiger charge is -2.28. The van der Waals surface area contributed by atoms with Gasteiger partial charge in [0.05, 0.1) is 0 Å². The lowest BCUT2D eigenvalue weighted by Crippen LogP contribution is -2.16. The van der Waals surface area contributed by atoms with Gasteiger partial charge in [0.25, 0.3) is 0 Å². The monoisotopic (exact) mass is 796 g/mol. The van der Waals surface area contributed by atoms with Crippen LogP contribution >= 0.6 is 0 Å². The van der Waals surface area contributed by atoms with Gasteiger partial charge >= 0.3 is 0 Å². The number of hydrogen-bond acceptors (Lipinski definition) is 2. The van der Waals surface area contributed by atoms with E-state index in [1.807, 2.05) is 0 Å². The maximum atomic E-state index is 2.41. The zero-order chi connectivity index (χ0) is 42.0. The van der Waals surface area contributed by atoms with E-state index in [2.05, 4.69) is 256 Å². The molecule has 0 N–H and O–H groups in total. The van der Waals surface area contributed by atoms with Gasteiger partial charge in [0.15, 0.2) is 0 Å². The Morgan fingerprint density at radius 1 is 0.290 bits per heavy atom. The Hall–Kier alpha value is -7.42. The zero-order valence-corrected chi connectivity index (χ0v) is 35.7. The van der Waals surface area contributed by atoms with Gasteiger partial charge in [-0.2, -0.15) is 0 Å². The zero-order valence-electron chi connectivity index (χ0n) is 35.7. The minimum absolute atomic E-state index is 0.0872. The molecule has 0 radical (unpaired) electrons. The van der Waals surface area contributed by atoms with Crippen LogP contribution in [0.2, 0.25) is 0 Å². The van der Waals surface area contributed by atoms with E-state index in [1.54, 1.807) is 0 Å². The van der Waals surface area contributed by atoms with Crippen molar-refractivity contribution >= 4 is 57.0 Å². The van der Waals surface area contributed by atoms with E-state index >= 15 is 0 Å². The van der Waals surface area contributed by atoms with Crippen molar-refractivity contribution in [3.63, 3.8) is 0 Å². The highest BCUT2D eigenvalue weighted by Gasteiger charge is 2.37. The van der Waals surface area contributed by atoms with Crippen molar-refractivity contribution in [3.8, 4) is 22.3 Å². The van der Waals surface area contributed by atoms with E-state index in [0.29, 0.717) is 0 Å². The molecule has 0 heterocycles. The normalized spacial score (nSPS) is 14.0. The van der Waals surface area contributed by atoms with Crippen molar-refractivity contribution in [2.75, 3.05) is 9.80 Å². The van der Waals surface area contributed by atoms with Crippen molar-refractivity contribution in [1.29, 1.82) is 0 Å². The lowest BCUT2D eigenvalue weighted by molar-refractivity contribution is 0.660. The minimum Gasteiger partial charge on any atom is -0.310 e. The topological polar surface area (TPSA) is 6.48 Å². The number of benzene rings is 9. The summed E-state index contributed by atoms with van der Waals surface area (Å²) in [5.74, 6) is 0. The molecule has 0 saturated heterocycles. The highest BCUT2D eigenvalue weighted by molar-refractivity contribution is 5.91. The molecular weight excluding hydrogens is 749 g/mol. The molecule has 0 spiro atoms. The van der Waals surface area contributed by atoms with Crippen LogP contribution in [-0.2, 0) is 10.8 Å². The predicted octanol–water partition coefficient (Wildman–Crippen LogP) is 16.6. The van der Waals surface area contributed by atoms with Crippen molar-refractivity contribution in [1.82, 2.24) is 0 Å². The van der Waals surface area contributed by atoms with E-state index in [4.69, 9.17) is 0 Å². The number of rotatable bonds is 8. The first-order valence-corrected chi connectivity index (χ1v) is 21.8. The van der Waals surface area contributed by atoms with Crippen LogP contribution in [0.5, 0.6) is 0 Å². The molecule has 0 aromatic heterocycles. The number of anilines is 6. The third-order valence-electron chi connectivity index (χ3n) is 13.4. The number of hydrogen-bond donors (Lipinski definition) is 0. The van der Waals surface area contributed by atoms with Crippen LogP contribution < -0.4 is 9.80 Å². The maximum Gasteiger partial charge on any atom is 0.0468 e. The molecule has 62 heavy (non-hydrogen) atoms. The second kappa shape index (κ2) is 14.6. The van der Waals surface area contributed by atoms with Gasteiger partial charge in [0.2, 0.25) is 0 Å². The maximum absolute atomic E-state index is 2.41. The Morgan fingerprint density at radius 2 is 0.694 bits per heavy atom. The van der Waals surface area contributed by atoms with Crippen molar-refractivity contribution < 1.29 is 0 Å². The summed E-state index contributed by atoms with van der Waals surface area (Å²) in [5, 5.41) is 2.47. The van der Waals surface area contributed by atoms with Crippen molar-refractivity contribution in [2.24, 2.45) is 0 Å². The Morgan fingerprint density at radius 3 is 1.34 bits per heavy atom. The molecule has 2 heteroatoms. The van der Waals surface area contributed by atoms with Crippen LogP contribution in [0.3, 0.4) is 0 Å². The van der Waals surface area contributed by atoms with Gasteiger partial charge in [0.1, 0.15) is 0 Å². The summed E-state index contributed by atoms with van der Waals surface area (Å²) in [4.78, 5) is 4.76. The first-order valence-electron chi connectivity index (χ1n) is 21.8. The summed E-state index contributed by atoms with van der Waals surface area (Å²) in [5.41, 5.74) is 19.8. The van der Waals surface area contributed by atoms with Gasteiger partial charge in [-0.3, -0.25) is 0 Å². The average molecular weight is 797 g/mol. The fraction of sp³-hybridized carbons (Fsp3) is 0.100. The summed E-state index contributed by atoms with van der Waals surface area (Å²) in [7, 11) is 0. The molecule has 0 amide bonds. The lowest BCUT2D eigenvalue weighted by atomic mass is 9.81. The second-order valence-corrected chi connectivity index (χ2v) is 17.9. The van der Waals surface area contributed by atoms with Gasteiger partial charge in [-0.05, 0) is 139 Å². The average Bonchev–Trinajstić information content (AvgIpc) is 3.68. The minimum atomic E-state index is -0.160. The van der Waals surface area contributed by atoms with Crippen molar-refractivity contribution in [2.45, 2.75) is 38.5 Å². The predicted molar refractivity (Wildman–Crippen MR) is 264 cm³/mol. The molecule has 0 saturated carbocycles. The van der Waals surface area contributed by atoms with Crippen LogP contribution in [0.15, 0.2) is 206 Å². The molecule has 0 atom stereocenters. The Bertz CT molecular complexity index is 3130. The van der Waals surface area contributed by atoms with Gasteiger partial charge < -0.3 is 9.80 Å². The van der Waals surface area contributed by atoms with Gasteiger partial charge in [-0.1, -0.05) is 173 Å². The fourth-order valence-corrected chi connectivity index (χ4v) is 10.1. The van der Waals surface area contributed by atoms with E-state index in [1.165, 1.54) is 60.8 Å². The number of nitrogens with zero attached hydrogens (tertiary/aromatic N) is 2. The fourth-order valence-electron chi connectivity index (χ4n) is 10.1. The van der Waals surface area contributed by atoms with E-state index in [9.17, 15) is 0 Å². The summed E-state index contributed by atoms with van der Waals surface area (Å²) >= 11 is 0. The second-order valence-electron chi connectivity index (χ2n) is 17.9. The molecule has 0 unspecified atom stereocenters. The van der Waals surface area contributed by atoms with Crippen LogP contribution in [0.4, 0.5) is 34.1 Å². The first-order chi connectivity index (χ1) is 30.2. The third-order valence-corrected chi connectivity index (χ3v) is 13.4. The standard InChI is InChI=1S/C60H48N2/c1-59(2)55-22-14-13-21-51(55)53-35-33-50(40-57(53)59)62(48-31-28-43-15-11-12-16-44(43)38-48)47-29-25-41(26-30-47)23-24-42-27-34-52-54-36-32-49(39-58(54)60(3,4)56(52)37-42)61(45-17-7-5-8-18-45)46-19-9-6-10-20-46/h5-40H,1-4H3. The molecular formula is C60H48N2. The third kappa shape index (κ3) is 6.25. The van der Waals surface area contributed by atoms with Crippen LogP contribution in [0, 0.1) is 0 Å². The molecule has 0 bridgehead atoms. The van der Waals surface area contributed by atoms with Crippen LogP contribution in [0.1, 0.15) is 61.1 Å². The number of para-hydroxylation sites is 2. The van der Waals surface area contributed by atoms with E-state index in [-0.39, 0.29) is 10.8 Å². The molecule has 2 aliphatic carbocycles. The van der Waals surface area contributed by atoms with Crippen LogP contribution in [0.25, 0.3) is 45.2 Å². The van der Waals surface area contributed by atoms with Gasteiger partial charge in [0, 0.05) is 45.0 Å². The SMILES string of the molecule is CC1(C)c2ccccc2-c2ccc(N(c3ccc(C=Cc4ccc5c(c4)C(C)(C)c4cc(N(c6ccccc6)c6ccccc6)ccc4-5)cc3)c3ccc4ccccc4c3)cc21. The smallest absolute Gasteiger partial charge is 0.0468 e. The molecule has 11 rings (SSSR count). The van der Waals surface area contributed by atoms with Gasteiger partial charge in [-0.15, -0.1) is 0 Å². The molecule has 2 nitrogen and oxygen atoms in total. The Kier molecular flexibility index (Phi) is 8.87. The molecule has 0 fully saturated rings. The van der Waals surface area contributed by atoms with Crippen LogP contribution in [-0.4, -0.2) is 0 Å². The Labute approximate surface area is 365 Å². The Balaban J connectivity index is 0.902. The largest absolute Gasteiger partial charge is 0.310 e. The number of fused-ring (bicyclic) bond motifs is 7. The van der Waals surface area contributed by atoms with E-state index < -0.39 is 0 Å². The highest BCUT2D eigenvalue weighted by atomic mass is 15.1. The molecule has 298 valence electrons. The molecule has 9 aromatic carbocycles. The van der Waals surface area contributed by atoms with Gasteiger partial charge in [-0.25, -0.2) is 0 Å². The highest BCUT2D eigenvalue weighted by Crippen LogP contribution is 2.52. The molecule has 2 aliphatic rings. The summed E-state index contributed by atoms with van der Waals surface area (Å²) in [6, 6.07) is 75.6. The van der Waals surface area contributed by atoms with Crippen molar-refractivity contribution in [3.05, 3.63) is 240 Å². The first kappa shape index (κ1) is 37.6. The summed E-state index contributed by atoms with van der Waals surface area (Å²) in [6.07, 6.45) is 4.50. The summed E-state index contributed by atoms with van der Waals surface area (Å²) < 4.78 is 0.